The van der Waals surface area contributed by atoms with Crippen LogP contribution in [0.1, 0.15) is 34.1 Å². The highest BCUT2D eigenvalue weighted by Crippen LogP contribution is 2.10. The lowest BCUT2D eigenvalue weighted by atomic mass is 10.2. The molecule has 60 valence electrons. The molecule has 0 aliphatic carbocycles. The molecule has 3 heteroatoms. The van der Waals surface area contributed by atoms with Crippen LogP contribution < -0.4 is 0 Å². The Bertz CT molecular complexity index is 119. The quantitative estimate of drug-likeness (QED) is 0.605. The van der Waals surface area contributed by atoms with Crippen molar-refractivity contribution in [1.82, 2.24) is 0 Å². The van der Waals surface area contributed by atoms with Crippen LogP contribution >= 0.6 is 0 Å². The lowest BCUT2D eigenvalue weighted by molar-refractivity contribution is 0.0563. The minimum atomic E-state index is -0.968. The van der Waals surface area contributed by atoms with E-state index in [0.717, 1.165) is 0 Å². The molecule has 0 saturated carbocycles. The van der Waals surface area contributed by atoms with Gasteiger partial charge in [0.05, 0.1) is 6.04 Å². The largest absolute Gasteiger partial charge is 0.368 e. The molecule has 0 aliphatic rings. The van der Waals surface area contributed by atoms with Crippen LogP contribution in [-0.2, 0) is 0 Å². The molecule has 0 aromatic carbocycles. The van der Waals surface area contributed by atoms with Crippen molar-refractivity contribution in [3.05, 3.63) is 0 Å². The van der Waals surface area contributed by atoms with Gasteiger partial charge in [0.2, 0.25) is 0 Å². The topological polar surface area (TPSA) is 45.0 Å². The summed E-state index contributed by atoms with van der Waals surface area (Å²) in [7, 11) is 0. The minimum absolute atomic E-state index is 0.165. The molecule has 0 fully saturated rings. The molecule has 0 bridgehead atoms. The fourth-order valence-electron chi connectivity index (χ4n) is 0.311. The molecule has 1 N–H and O–H groups in total. The third-order valence-electron chi connectivity index (χ3n) is 1.17. The molecule has 0 spiro atoms. The molecule has 0 saturated heterocycles. The van der Waals surface area contributed by atoms with Gasteiger partial charge in [-0.05, 0) is 27.2 Å². The monoisotopic (exact) mass is 144 g/mol. The zero-order valence-corrected chi connectivity index (χ0v) is 7.13. The maximum absolute atomic E-state index is 9.31. The van der Waals surface area contributed by atoms with Gasteiger partial charge in [-0.2, -0.15) is 10.2 Å². The Morgan fingerprint density at radius 3 is 2.30 bits per heavy atom. The summed E-state index contributed by atoms with van der Waals surface area (Å²) in [5.41, 5.74) is -0.968. The summed E-state index contributed by atoms with van der Waals surface area (Å²) in [4.78, 5) is 0. The number of rotatable bonds is 3. The van der Waals surface area contributed by atoms with Gasteiger partial charge in [0.1, 0.15) is 0 Å². The van der Waals surface area contributed by atoms with Crippen molar-refractivity contribution in [2.24, 2.45) is 10.2 Å². The molecule has 0 amide bonds. The second-order valence-corrected chi connectivity index (χ2v) is 2.88. The molecule has 0 heterocycles. The van der Waals surface area contributed by atoms with Gasteiger partial charge in [-0.1, -0.05) is 6.92 Å². The summed E-state index contributed by atoms with van der Waals surface area (Å²) < 4.78 is 0. The molecule has 1 atom stereocenters. The second-order valence-electron chi connectivity index (χ2n) is 2.88. The van der Waals surface area contributed by atoms with Crippen LogP contribution in [0.25, 0.3) is 0 Å². The lowest BCUT2D eigenvalue weighted by Crippen LogP contribution is -2.18. The predicted octanol–water partition coefficient (Wildman–Crippen LogP) is 1.97. The molecule has 0 aromatic heterocycles. The summed E-state index contributed by atoms with van der Waals surface area (Å²) in [5, 5.41) is 16.9. The Morgan fingerprint density at radius 2 is 2.00 bits per heavy atom. The number of aliphatic hydroxyl groups is 1. The number of hydrogen-bond acceptors (Lipinski definition) is 3. The predicted molar refractivity (Wildman–Crippen MR) is 40.9 cm³/mol. The van der Waals surface area contributed by atoms with Gasteiger partial charge in [0.15, 0.2) is 5.72 Å². The summed E-state index contributed by atoms with van der Waals surface area (Å²) >= 11 is 0. The van der Waals surface area contributed by atoms with Crippen molar-refractivity contribution >= 4 is 0 Å². The van der Waals surface area contributed by atoms with E-state index in [4.69, 9.17) is 0 Å². The van der Waals surface area contributed by atoms with E-state index in [1.165, 1.54) is 0 Å². The summed E-state index contributed by atoms with van der Waals surface area (Å²) in [5.74, 6) is 0. The first-order chi connectivity index (χ1) is 4.48. The van der Waals surface area contributed by atoms with Gasteiger partial charge in [-0.15, -0.1) is 0 Å². The highest BCUT2D eigenvalue weighted by Gasteiger charge is 2.14. The normalized spacial score (nSPS) is 18.2. The SMILES string of the molecule is CCC(C)(O)/N=N/C(C)C. The van der Waals surface area contributed by atoms with Gasteiger partial charge >= 0.3 is 0 Å². The van der Waals surface area contributed by atoms with E-state index >= 15 is 0 Å². The van der Waals surface area contributed by atoms with Crippen LogP contribution in [0.4, 0.5) is 0 Å². The lowest BCUT2D eigenvalue weighted by Gasteiger charge is -2.13. The summed E-state index contributed by atoms with van der Waals surface area (Å²) in [6.45, 7) is 7.38. The van der Waals surface area contributed by atoms with E-state index in [-0.39, 0.29) is 6.04 Å². The van der Waals surface area contributed by atoms with Crippen LogP contribution in [0.15, 0.2) is 10.2 Å². The van der Waals surface area contributed by atoms with Gasteiger partial charge in [-0.3, -0.25) is 0 Å². The minimum Gasteiger partial charge on any atom is -0.368 e. The smallest absolute Gasteiger partial charge is 0.172 e. The molecule has 10 heavy (non-hydrogen) atoms. The Morgan fingerprint density at radius 1 is 1.50 bits per heavy atom. The van der Waals surface area contributed by atoms with Crippen molar-refractivity contribution in [2.75, 3.05) is 0 Å². The van der Waals surface area contributed by atoms with Crippen LogP contribution in [-0.4, -0.2) is 16.9 Å². The molecule has 3 nitrogen and oxygen atoms in total. The van der Waals surface area contributed by atoms with E-state index in [1.54, 1.807) is 6.92 Å². The molecular weight excluding hydrogens is 128 g/mol. The van der Waals surface area contributed by atoms with Crippen molar-refractivity contribution in [3.63, 3.8) is 0 Å². The average Bonchev–Trinajstić information content (AvgIpc) is 1.85. The third-order valence-corrected chi connectivity index (χ3v) is 1.17. The van der Waals surface area contributed by atoms with Crippen molar-refractivity contribution in [3.8, 4) is 0 Å². The van der Waals surface area contributed by atoms with Crippen LogP contribution in [0.2, 0.25) is 0 Å². The first kappa shape index (κ1) is 9.56. The Kier molecular flexibility index (Phi) is 3.50. The summed E-state index contributed by atoms with van der Waals surface area (Å²) in [6, 6.07) is 0.165. The van der Waals surface area contributed by atoms with Gasteiger partial charge in [-0.25, -0.2) is 0 Å². The number of azo groups is 1. The number of hydrogen-bond donors (Lipinski definition) is 1. The van der Waals surface area contributed by atoms with E-state index < -0.39 is 5.72 Å². The van der Waals surface area contributed by atoms with Crippen molar-refractivity contribution < 1.29 is 5.11 Å². The van der Waals surface area contributed by atoms with Gasteiger partial charge in [0, 0.05) is 0 Å². The van der Waals surface area contributed by atoms with E-state index in [2.05, 4.69) is 10.2 Å². The van der Waals surface area contributed by atoms with Gasteiger partial charge in [0.25, 0.3) is 0 Å². The van der Waals surface area contributed by atoms with Crippen molar-refractivity contribution in [2.45, 2.75) is 45.9 Å². The highest BCUT2D eigenvalue weighted by molar-refractivity contribution is 4.64. The highest BCUT2D eigenvalue weighted by atomic mass is 16.3. The van der Waals surface area contributed by atoms with Crippen molar-refractivity contribution in [1.29, 1.82) is 0 Å². The summed E-state index contributed by atoms with van der Waals surface area (Å²) in [6.07, 6.45) is 0.600. The maximum atomic E-state index is 9.31. The molecule has 1 unspecified atom stereocenters. The van der Waals surface area contributed by atoms with Crippen LogP contribution in [0, 0.1) is 0 Å². The maximum Gasteiger partial charge on any atom is 0.172 e. The fourth-order valence-corrected chi connectivity index (χ4v) is 0.311. The molecule has 0 aromatic rings. The first-order valence-electron chi connectivity index (χ1n) is 3.62. The molecule has 0 radical (unpaired) electrons. The number of nitrogens with zero attached hydrogens (tertiary/aromatic N) is 2. The van der Waals surface area contributed by atoms with E-state index in [9.17, 15) is 5.11 Å². The molecule has 0 aliphatic heterocycles. The van der Waals surface area contributed by atoms with E-state index in [0.29, 0.717) is 6.42 Å². The Balaban J connectivity index is 3.86. The van der Waals surface area contributed by atoms with E-state index in [1.807, 2.05) is 20.8 Å². The second kappa shape index (κ2) is 3.66. The molecular formula is C7H16N2O. The standard InChI is InChI=1S/C7H16N2O/c1-5-7(4,10)9-8-6(2)3/h6,10H,5H2,1-4H3/b9-8+. The third kappa shape index (κ3) is 4.44. The zero-order chi connectivity index (χ0) is 8.20. The van der Waals surface area contributed by atoms with Gasteiger partial charge < -0.3 is 5.11 Å². The first-order valence-corrected chi connectivity index (χ1v) is 3.62. The fraction of sp³-hybridized carbons (Fsp3) is 1.00. The Labute approximate surface area is 62.2 Å². The Hall–Kier alpha value is -0.440. The molecule has 0 rings (SSSR count). The average molecular weight is 144 g/mol. The van der Waals surface area contributed by atoms with Crippen LogP contribution in [0.3, 0.4) is 0 Å². The zero-order valence-electron chi connectivity index (χ0n) is 7.13. The van der Waals surface area contributed by atoms with Crippen LogP contribution in [0.5, 0.6) is 0 Å².